The van der Waals surface area contributed by atoms with Crippen LogP contribution in [0.4, 0.5) is 19.3 Å². The van der Waals surface area contributed by atoms with Crippen molar-refractivity contribution in [2.24, 2.45) is 0 Å². The zero-order valence-electron chi connectivity index (χ0n) is 14.4. The van der Waals surface area contributed by atoms with Gasteiger partial charge in [-0.1, -0.05) is 36.4 Å². The molecule has 28 heavy (non-hydrogen) atoms. The number of fused-ring (bicyclic) bond motifs is 1. The third-order valence-corrected chi connectivity index (χ3v) is 4.05. The summed E-state index contributed by atoms with van der Waals surface area (Å²) in [5.74, 6) is -0.237. The average molecular weight is 383 g/mol. The number of rotatable bonds is 4. The van der Waals surface area contributed by atoms with Crippen LogP contribution in [0.5, 0.6) is 11.5 Å². The van der Waals surface area contributed by atoms with E-state index in [1.807, 2.05) is 36.4 Å². The van der Waals surface area contributed by atoms with Crippen molar-refractivity contribution in [3.8, 4) is 11.5 Å². The highest BCUT2D eigenvalue weighted by molar-refractivity contribution is 5.90. The van der Waals surface area contributed by atoms with Gasteiger partial charge in [0.25, 0.3) is 0 Å². The molecular weight excluding hydrogens is 368 g/mol. The second-order valence-electron chi connectivity index (χ2n) is 6.03. The SMILES string of the molecule is O=C(Nc1ccc2c(c1)OC(F)(F)O2)NC(c1ccccc1)c1ccccn1. The molecular formula is C20H15F2N3O3. The van der Waals surface area contributed by atoms with Crippen LogP contribution in [0.25, 0.3) is 0 Å². The zero-order chi connectivity index (χ0) is 19.6. The van der Waals surface area contributed by atoms with Gasteiger partial charge < -0.3 is 20.1 Å². The minimum absolute atomic E-state index is 0.0911. The topological polar surface area (TPSA) is 72.5 Å². The van der Waals surface area contributed by atoms with Crippen LogP contribution in [0.15, 0.2) is 72.9 Å². The van der Waals surface area contributed by atoms with Gasteiger partial charge in [0.1, 0.15) is 0 Å². The van der Waals surface area contributed by atoms with Crippen LogP contribution < -0.4 is 20.1 Å². The summed E-state index contributed by atoms with van der Waals surface area (Å²) in [4.78, 5) is 16.8. The molecule has 8 heteroatoms. The van der Waals surface area contributed by atoms with Crippen molar-refractivity contribution < 1.29 is 23.0 Å². The van der Waals surface area contributed by atoms with Gasteiger partial charge in [-0.3, -0.25) is 4.98 Å². The van der Waals surface area contributed by atoms with E-state index in [9.17, 15) is 13.6 Å². The first-order valence-corrected chi connectivity index (χ1v) is 8.43. The lowest BCUT2D eigenvalue weighted by Crippen LogP contribution is -2.33. The van der Waals surface area contributed by atoms with Gasteiger partial charge in [0.05, 0.1) is 11.7 Å². The maximum absolute atomic E-state index is 13.1. The monoisotopic (exact) mass is 383 g/mol. The van der Waals surface area contributed by atoms with Crippen LogP contribution in [0.2, 0.25) is 0 Å². The van der Waals surface area contributed by atoms with E-state index >= 15 is 0 Å². The summed E-state index contributed by atoms with van der Waals surface area (Å²) >= 11 is 0. The Kier molecular flexibility index (Phi) is 4.52. The lowest BCUT2D eigenvalue weighted by Gasteiger charge is -2.19. The largest absolute Gasteiger partial charge is 0.586 e. The van der Waals surface area contributed by atoms with E-state index in [0.717, 1.165) is 5.56 Å². The summed E-state index contributed by atoms with van der Waals surface area (Å²) in [6.07, 6.45) is -2.07. The van der Waals surface area contributed by atoms with Crippen LogP contribution in [0.3, 0.4) is 0 Å². The second kappa shape index (κ2) is 7.15. The number of carbonyl (C=O) groups is 1. The fourth-order valence-electron chi connectivity index (χ4n) is 2.85. The van der Waals surface area contributed by atoms with Crippen molar-refractivity contribution in [3.63, 3.8) is 0 Å². The summed E-state index contributed by atoms with van der Waals surface area (Å²) < 4.78 is 35.0. The van der Waals surface area contributed by atoms with Crippen LogP contribution in [0, 0.1) is 0 Å². The van der Waals surface area contributed by atoms with Crippen LogP contribution in [-0.2, 0) is 0 Å². The normalized spacial score (nSPS) is 14.9. The van der Waals surface area contributed by atoms with Crippen molar-refractivity contribution in [2.75, 3.05) is 5.32 Å². The molecule has 1 aliphatic rings. The molecule has 0 fully saturated rings. The molecule has 1 unspecified atom stereocenters. The Morgan fingerprint density at radius 3 is 2.46 bits per heavy atom. The highest BCUT2D eigenvalue weighted by atomic mass is 19.3. The highest BCUT2D eigenvalue weighted by Crippen LogP contribution is 2.42. The van der Waals surface area contributed by atoms with Crippen molar-refractivity contribution in [2.45, 2.75) is 12.3 Å². The average Bonchev–Trinajstić information content (AvgIpc) is 3.00. The quantitative estimate of drug-likeness (QED) is 0.704. The standard InChI is InChI=1S/C20H15F2N3O3/c21-20(22)27-16-10-9-14(12-17(16)28-20)24-19(26)25-18(13-6-2-1-3-7-13)15-8-4-5-11-23-15/h1-12,18H,(H2,24,25,26). The van der Waals surface area contributed by atoms with E-state index in [4.69, 9.17) is 0 Å². The number of amides is 2. The van der Waals surface area contributed by atoms with Gasteiger partial charge in [0.2, 0.25) is 0 Å². The number of anilines is 1. The molecule has 1 aromatic heterocycles. The molecule has 0 saturated heterocycles. The number of urea groups is 1. The molecule has 0 bridgehead atoms. The fraction of sp³-hybridized carbons (Fsp3) is 0.100. The molecule has 142 valence electrons. The second-order valence-corrected chi connectivity index (χ2v) is 6.03. The van der Waals surface area contributed by atoms with E-state index < -0.39 is 18.4 Å². The summed E-state index contributed by atoms with van der Waals surface area (Å²) in [5, 5.41) is 5.46. The first-order chi connectivity index (χ1) is 13.5. The third kappa shape index (κ3) is 3.85. The Morgan fingerprint density at radius 1 is 0.964 bits per heavy atom. The number of ether oxygens (including phenoxy) is 2. The molecule has 1 atom stereocenters. The molecule has 0 aliphatic carbocycles. The van der Waals surface area contributed by atoms with Gasteiger partial charge >= 0.3 is 12.3 Å². The summed E-state index contributed by atoms with van der Waals surface area (Å²) in [5.41, 5.74) is 1.79. The molecule has 2 N–H and O–H groups in total. The van der Waals surface area contributed by atoms with Crippen molar-refractivity contribution in [1.82, 2.24) is 10.3 Å². The number of nitrogens with one attached hydrogen (secondary N) is 2. The summed E-state index contributed by atoms with van der Waals surface area (Å²) in [6.45, 7) is 0. The highest BCUT2D eigenvalue weighted by Gasteiger charge is 2.43. The summed E-state index contributed by atoms with van der Waals surface area (Å²) in [6, 6.07) is 17.8. The first-order valence-electron chi connectivity index (χ1n) is 8.43. The molecule has 1 aliphatic heterocycles. The van der Waals surface area contributed by atoms with Crippen LogP contribution >= 0.6 is 0 Å². The Hall–Kier alpha value is -3.68. The van der Waals surface area contributed by atoms with E-state index in [1.165, 1.54) is 18.2 Å². The van der Waals surface area contributed by atoms with Crippen LogP contribution in [-0.4, -0.2) is 17.3 Å². The summed E-state index contributed by atoms with van der Waals surface area (Å²) in [7, 11) is 0. The zero-order valence-corrected chi connectivity index (χ0v) is 14.4. The smallest absolute Gasteiger partial charge is 0.395 e. The van der Waals surface area contributed by atoms with Gasteiger partial charge in [-0.15, -0.1) is 8.78 Å². The number of halogens is 2. The molecule has 4 rings (SSSR count). The number of carbonyl (C=O) groups excluding carboxylic acids is 1. The first kappa shape index (κ1) is 17.7. The van der Waals surface area contributed by atoms with Gasteiger partial charge in [-0.25, -0.2) is 4.79 Å². The fourth-order valence-corrected chi connectivity index (χ4v) is 2.85. The maximum Gasteiger partial charge on any atom is 0.586 e. The molecule has 3 aromatic rings. The number of hydrogen-bond acceptors (Lipinski definition) is 4. The van der Waals surface area contributed by atoms with Crippen LogP contribution in [0.1, 0.15) is 17.3 Å². The van der Waals surface area contributed by atoms with Gasteiger partial charge in [0.15, 0.2) is 11.5 Å². The Morgan fingerprint density at radius 2 is 1.71 bits per heavy atom. The molecule has 6 nitrogen and oxygen atoms in total. The lowest BCUT2D eigenvalue weighted by atomic mass is 10.0. The lowest BCUT2D eigenvalue weighted by molar-refractivity contribution is -0.286. The number of benzene rings is 2. The molecule has 0 radical (unpaired) electrons. The van der Waals surface area contributed by atoms with Crippen molar-refractivity contribution in [1.29, 1.82) is 0 Å². The molecule has 0 spiro atoms. The number of aromatic nitrogens is 1. The molecule has 0 saturated carbocycles. The maximum atomic E-state index is 13.1. The minimum Gasteiger partial charge on any atom is -0.395 e. The third-order valence-electron chi connectivity index (χ3n) is 4.05. The molecule has 2 amide bonds. The number of alkyl halides is 2. The number of hydrogen-bond donors (Lipinski definition) is 2. The van der Waals surface area contributed by atoms with Gasteiger partial charge in [-0.05, 0) is 29.8 Å². The van der Waals surface area contributed by atoms with E-state index in [1.54, 1.807) is 18.3 Å². The van der Waals surface area contributed by atoms with E-state index in [2.05, 4.69) is 25.1 Å². The van der Waals surface area contributed by atoms with Crippen molar-refractivity contribution in [3.05, 3.63) is 84.2 Å². The Labute approximate surface area is 159 Å². The number of nitrogens with zero attached hydrogens (tertiary/aromatic N) is 1. The number of pyridine rings is 1. The Balaban J connectivity index is 1.52. The predicted molar refractivity (Wildman–Crippen MR) is 97.3 cm³/mol. The Bertz CT molecular complexity index is 945. The molecule has 2 heterocycles. The van der Waals surface area contributed by atoms with Gasteiger partial charge in [-0.2, -0.15) is 0 Å². The van der Waals surface area contributed by atoms with E-state index in [-0.39, 0.29) is 17.2 Å². The molecule has 2 aromatic carbocycles. The van der Waals surface area contributed by atoms with E-state index in [0.29, 0.717) is 5.69 Å². The minimum atomic E-state index is -3.71. The van der Waals surface area contributed by atoms with Gasteiger partial charge in [0, 0.05) is 18.0 Å². The predicted octanol–water partition coefficient (Wildman–Crippen LogP) is 4.31. The van der Waals surface area contributed by atoms with Crippen molar-refractivity contribution >= 4 is 11.7 Å².